The quantitative estimate of drug-likeness (QED) is 0.665. The first-order valence-corrected chi connectivity index (χ1v) is 10.6. The number of hydrogen-bond acceptors (Lipinski definition) is 4. The Hall–Kier alpha value is -3.03. The van der Waals surface area contributed by atoms with Gasteiger partial charge >= 0.3 is 0 Å². The van der Waals surface area contributed by atoms with E-state index in [2.05, 4.69) is 27.3 Å². The molecule has 0 saturated carbocycles. The number of amides is 1. The molecular formula is C24H28FN5O. The predicted molar refractivity (Wildman–Crippen MR) is 119 cm³/mol. The number of likely N-dealkylation sites (N-methyl/N-ethyl adjacent to an activating group) is 1. The lowest BCUT2D eigenvalue weighted by molar-refractivity contribution is 0.0906. The molecule has 31 heavy (non-hydrogen) atoms. The molecule has 7 heteroatoms. The fourth-order valence-electron chi connectivity index (χ4n) is 3.94. The van der Waals surface area contributed by atoms with Gasteiger partial charge < -0.3 is 10.2 Å². The Morgan fingerprint density at radius 3 is 2.45 bits per heavy atom. The van der Waals surface area contributed by atoms with Gasteiger partial charge in [-0.15, -0.1) is 0 Å². The van der Waals surface area contributed by atoms with Crippen LogP contribution >= 0.6 is 0 Å². The van der Waals surface area contributed by atoms with Crippen molar-refractivity contribution in [2.24, 2.45) is 0 Å². The van der Waals surface area contributed by atoms with Gasteiger partial charge in [-0.25, -0.2) is 9.07 Å². The second-order valence-electron chi connectivity index (χ2n) is 8.05. The van der Waals surface area contributed by atoms with E-state index in [-0.39, 0.29) is 17.8 Å². The fourth-order valence-corrected chi connectivity index (χ4v) is 3.94. The normalized spacial score (nSPS) is 16.2. The average molecular weight is 422 g/mol. The Morgan fingerprint density at radius 1 is 1.06 bits per heavy atom. The number of carbonyl (C=O) groups is 1. The summed E-state index contributed by atoms with van der Waals surface area (Å²) < 4.78 is 15.7. The molecule has 1 atom stereocenters. The Kier molecular flexibility index (Phi) is 6.44. The molecule has 162 valence electrons. The Bertz CT molecular complexity index is 1030. The summed E-state index contributed by atoms with van der Waals surface area (Å²) in [4.78, 5) is 17.9. The minimum Gasteiger partial charge on any atom is -0.344 e. The zero-order valence-corrected chi connectivity index (χ0v) is 18.0. The molecule has 0 bridgehead atoms. The molecule has 0 radical (unpaired) electrons. The van der Waals surface area contributed by atoms with E-state index in [0.29, 0.717) is 16.9 Å². The van der Waals surface area contributed by atoms with Gasteiger partial charge in [-0.2, -0.15) is 5.10 Å². The maximum atomic E-state index is 14.2. The minimum absolute atomic E-state index is 0.145. The van der Waals surface area contributed by atoms with E-state index < -0.39 is 0 Å². The van der Waals surface area contributed by atoms with Gasteiger partial charge in [-0.05, 0) is 31.7 Å². The first kappa shape index (κ1) is 21.2. The third kappa shape index (κ3) is 4.84. The van der Waals surface area contributed by atoms with Crippen LogP contribution in [0.5, 0.6) is 0 Å². The maximum Gasteiger partial charge on any atom is 0.255 e. The minimum atomic E-state index is -0.377. The summed E-state index contributed by atoms with van der Waals surface area (Å²) in [5.74, 6) is -0.582. The van der Waals surface area contributed by atoms with Gasteiger partial charge in [0.25, 0.3) is 5.91 Å². The van der Waals surface area contributed by atoms with Crippen molar-refractivity contribution in [3.05, 3.63) is 83.4 Å². The highest BCUT2D eigenvalue weighted by molar-refractivity contribution is 5.95. The Labute approximate surface area is 182 Å². The highest BCUT2D eigenvalue weighted by Gasteiger charge is 2.24. The number of nitrogens with zero attached hydrogens (tertiary/aromatic N) is 4. The summed E-state index contributed by atoms with van der Waals surface area (Å²) in [6, 6.07) is 16.3. The molecular weight excluding hydrogens is 393 g/mol. The van der Waals surface area contributed by atoms with E-state index in [1.807, 2.05) is 30.3 Å². The molecule has 1 aliphatic rings. The van der Waals surface area contributed by atoms with E-state index in [9.17, 15) is 9.18 Å². The number of hydrogen-bond donors (Lipinski definition) is 1. The van der Waals surface area contributed by atoms with Crippen molar-refractivity contribution < 1.29 is 9.18 Å². The summed E-state index contributed by atoms with van der Waals surface area (Å²) in [5, 5.41) is 7.46. The fraction of sp³-hybridized carbons (Fsp3) is 0.333. The molecule has 1 saturated heterocycles. The maximum absolute atomic E-state index is 14.2. The van der Waals surface area contributed by atoms with Crippen LogP contribution in [-0.4, -0.2) is 65.3 Å². The highest BCUT2D eigenvalue weighted by atomic mass is 19.1. The summed E-state index contributed by atoms with van der Waals surface area (Å²) in [7, 11) is 2.13. The van der Waals surface area contributed by atoms with Crippen molar-refractivity contribution in [1.29, 1.82) is 0 Å². The summed E-state index contributed by atoms with van der Waals surface area (Å²) in [5.41, 5.74) is 2.45. The van der Waals surface area contributed by atoms with E-state index in [1.54, 1.807) is 25.1 Å². The molecule has 2 aromatic carbocycles. The lowest BCUT2D eigenvalue weighted by Gasteiger charge is -2.35. The van der Waals surface area contributed by atoms with Gasteiger partial charge in [0, 0.05) is 32.7 Å². The van der Waals surface area contributed by atoms with Gasteiger partial charge in [0.15, 0.2) is 0 Å². The van der Waals surface area contributed by atoms with Crippen molar-refractivity contribution in [2.45, 2.75) is 13.0 Å². The molecule has 6 nitrogen and oxygen atoms in total. The van der Waals surface area contributed by atoms with Crippen molar-refractivity contribution >= 4 is 5.91 Å². The third-order valence-corrected chi connectivity index (χ3v) is 5.88. The van der Waals surface area contributed by atoms with Crippen molar-refractivity contribution in [3.63, 3.8) is 0 Å². The third-order valence-electron chi connectivity index (χ3n) is 5.88. The van der Waals surface area contributed by atoms with E-state index in [4.69, 9.17) is 0 Å². The first-order valence-electron chi connectivity index (χ1n) is 10.6. The SMILES string of the molecule is Cc1c(C(=O)NC(CN2CCN(C)CC2)c2ccccc2)cnn1-c1ccccc1F. The number of benzene rings is 2. The van der Waals surface area contributed by atoms with Crippen LogP contribution in [0.1, 0.15) is 27.7 Å². The number of rotatable bonds is 6. The van der Waals surface area contributed by atoms with Crippen LogP contribution in [0.15, 0.2) is 60.8 Å². The van der Waals surface area contributed by atoms with Crippen LogP contribution in [0.4, 0.5) is 4.39 Å². The zero-order chi connectivity index (χ0) is 21.8. The first-order chi connectivity index (χ1) is 15.0. The van der Waals surface area contributed by atoms with Crippen molar-refractivity contribution in [3.8, 4) is 5.69 Å². The Morgan fingerprint density at radius 2 is 1.74 bits per heavy atom. The van der Waals surface area contributed by atoms with Crippen LogP contribution in [0.3, 0.4) is 0 Å². The van der Waals surface area contributed by atoms with E-state index in [1.165, 1.54) is 16.9 Å². The second kappa shape index (κ2) is 9.41. The van der Waals surface area contributed by atoms with Crippen LogP contribution < -0.4 is 5.32 Å². The van der Waals surface area contributed by atoms with Crippen LogP contribution in [-0.2, 0) is 0 Å². The van der Waals surface area contributed by atoms with Crippen molar-refractivity contribution in [1.82, 2.24) is 24.9 Å². The zero-order valence-electron chi connectivity index (χ0n) is 18.0. The van der Waals surface area contributed by atoms with E-state index in [0.717, 1.165) is 38.3 Å². The molecule has 1 aromatic heterocycles. The number of carbonyl (C=O) groups excluding carboxylic acids is 1. The summed E-state index contributed by atoms with van der Waals surface area (Å²) in [6.07, 6.45) is 1.51. The molecule has 0 spiro atoms. The lowest BCUT2D eigenvalue weighted by atomic mass is 10.1. The number of halogens is 1. The molecule has 1 aliphatic heterocycles. The van der Waals surface area contributed by atoms with Crippen molar-refractivity contribution in [2.75, 3.05) is 39.8 Å². The molecule has 1 amide bonds. The number of aromatic nitrogens is 2. The molecule has 2 heterocycles. The Balaban J connectivity index is 1.54. The second-order valence-corrected chi connectivity index (χ2v) is 8.05. The highest BCUT2D eigenvalue weighted by Crippen LogP contribution is 2.20. The predicted octanol–water partition coefficient (Wildman–Crippen LogP) is 3.04. The van der Waals surface area contributed by atoms with Crippen LogP contribution in [0.2, 0.25) is 0 Å². The van der Waals surface area contributed by atoms with Crippen LogP contribution in [0, 0.1) is 12.7 Å². The van der Waals surface area contributed by atoms with Gasteiger partial charge in [-0.3, -0.25) is 9.69 Å². The molecule has 4 rings (SSSR count). The molecule has 1 fully saturated rings. The average Bonchev–Trinajstić information content (AvgIpc) is 3.17. The van der Waals surface area contributed by atoms with Gasteiger partial charge in [0.05, 0.1) is 23.5 Å². The largest absolute Gasteiger partial charge is 0.344 e. The lowest BCUT2D eigenvalue weighted by Crippen LogP contribution is -2.47. The number of para-hydroxylation sites is 1. The monoisotopic (exact) mass is 421 g/mol. The van der Waals surface area contributed by atoms with Crippen LogP contribution in [0.25, 0.3) is 5.69 Å². The molecule has 3 aromatic rings. The van der Waals surface area contributed by atoms with E-state index >= 15 is 0 Å². The summed E-state index contributed by atoms with van der Waals surface area (Å²) in [6.45, 7) is 6.50. The standard InChI is InChI=1S/C24H28FN5O/c1-18-20(16-26-30(18)23-11-7-6-10-21(23)25)24(31)27-22(19-8-4-3-5-9-19)17-29-14-12-28(2)13-15-29/h3-11,16,22H,12-15,17H2,1-2H3,(H,27,31). The molecule has 0 aliphatic carbocycles. The smallest absolute Gasteiger partial charge is 0.255 e. The van der Waals surface area contributed by atoms with Gasteiger partial charge in [-0.1, -0.05) is 42.5 Å². The molecule has 1 N–H and O–H groups in total. The number of nitrogens with one attached hydrogen (secondary N) is 1. The van der Waals surface area contributed by atoms with Gasteiger partial charge in [0.2, 0.25) is 0 Å². The topological polar surface area (TPSA) is 53.4 Å². The van der Waals surface area contributed by atoms with Gasteiger partial charge in [0.1, 0.15) is 11.5 Å². The number of piperazine rings is 1. The summed E-state index contributed by atoms with van der Waals surface area (Å²) >= 11 is 0. The molecule has 1 unspecified atom stereocenters.